The molecule has 0 fully saturated rings. The largest absolute Gasteiger partial charge is 0.456 e. The zero-order valence-electron chi connectivity index (χ0n) is 27.8. The van der Waals surface area contributed by atoms with E-state index in [-0.39, 0.29) is 5.41 Å². The van der Waals surface area contributed by atoms with E-state index in [1.54, 1.807) is 0 Å². The van der Waals surface area contributed by atoms with E-state index in [1.807, 2.05) is 17.4 Å². The van der Waals surface area contributed by atoms with Crippen molar-refractivity contribution in [1.29, 1.82) is 0 Å². The van der Waals surface area contributed by atoms with E-state index in [1.165, 1.54) is 42.4 Å². The molecule has 9 rings (SSSR count). The summed E-state index contributed by atoms with van der Waals surface area (Å²) in [7, 11) is 0. The first-order valence-corrected chi connectivity index (χ1v) is 17.6. The van der Waals surface area contributed by atoms with Crippen LogP contribution in [0.2, 0.25) is 0 Å². The number of rotatable bonds is 6. The van der Waals surface area contributed by atoms with Crippen molar-refractivity contribution in [2.75, 3.05) is 4.90 Å². The molecule has 49 heavy (non-hydrogen) atoms. The van der Waals surface area contributed by atoms with Crippen LogP contribution in [-0.4, -0.2) is 0 Å². The summed E-state index contributed by atoms with van der Waals surface area (Å²) in [6.07, 6.45) is 4.38. The van der Waals surface area contributed by atoms with Crippen molar-refractivity contribution in [2.24, 2.45) is 0 Å². The molecule has 0 saturated carbocycles. The lowest BCUT2D eigenvalue weighted by atomic mass is 9.79. The van der Waals surface area contributed by atoms with Crippen molar-refractivity contribution in [2.45, 2.75) is 26.2 Å². The maximum Gasteiger partial charge on any atom is 0.137 e. The fraction of sp³-hybridized carbons (Fsp3) is 0.0870. The molecule has 6 aromatic carbocycles. The molecule has 1 aliphatic rings. The van der Waals surface area contributed by atoms with E-state index in [0.29, 0.717) is 0 Å². The molecule has 0 amide bonds. The molecule has 3 heteroatoms. The maximum absolute atomic E-state index is 6.78. The number of thiophene rings is 1. The fourth-order valence-electron chi connectivity index (χ4n) is 7.95. The van der Waals surface area contributed by atoms with Gasteiger partial charge in [-0.15, -0.1) is 11.3 Å². The fourth-order valence-corrected chi connectivity index (χ4v) is 9.33. The zero-order chi connectivity index (χ0) is 33.3. The molecule has 0 saturated heterocycles. The average molecular weight is 650 g/mol. The van der Waals surface area contributed by atoms with Gasteiger partial charge in [0, 0.05) is 48.9 Å². The van der Waals surface area contributed by atoms with Gasteiger partial charge in [0.25, 0.3) is 0 Å². The van der Waals surface area contributed by atoms with E-state index in [4.69, 9.17) is 4.42 Å². The third kappa shape index (κ3) is 4.53. The number of hydrogen-bond donors (Lipinski definition) is 0. The minimum atomic E-state index is -0.133. The lowest BCUT2D eigenvalue weighted by Crippen LogP contribution is -2.16. The summed E-state index contributed by atoms with van der Waals surface area (Å²) < 4.78 is 8.13. The highest BCUT2D eigenvalue weighted by atomic mass is 32.1. The van der Waals surface area contributed by atoms with Crippen molar-refractivity contribution in [3.05, 3.63) is 174 Å². The van der Waals surface area contributed by atoms with E-state index >= 15 is 0 Å². The summed E-state index contributed by atoms with van der Waals surface area (Å²) in [4.78, 5) is 3.67. The molecule has 0 unspecified atom stereocenters. The average Bonchev–Trinajstić information content (AvgIpc) is 3.76. The monoisotopic (exact) mass is 649 g/mol. The molecule has 0 spiro atoms. The van der Waals surface area contributed by atoms with Gasteiger partial charge in [-0.25, -0.2) is 0 Å². The topological polar surface area (TPSA) is 16.4 Å². The molecule has 8 aromatic rings. The van der Waals surface area contributed by atoms with E-state index in [0.717, 1.165) is 50.1 Å². The molecule has 0 N–H and O–H groups in total. The molecule has 0 radical (unpaired) electrons. The van der Waals surface area contributed by atoms with Crippen LogP contribution in [0.5, 0.6) is 0 Å². The first-order valence-electron chi connectivity index (χ1n) is 16.8. The second-order valence-electron chi connectivity index (χ2n) is 13.4. The summed E-state index contributed by atoms with van der Waals surface area (Å²) in [5.74, 6) is 0. The van der Waals surface area contributed by atoms with E-state index in [2.05, 4.69) is 172 Å². The minimum absolute atomic E-state index is 0.133. The first-order chi connectivity index (χ1) is 23.9. The van der Waals surface area contributed by atoms with Crippen LogP contribution in [0, 0.1) is 0 Å². The molecule has 0 aliphatic heterocycles. The number of benzene rings is 6. The second kappa shape index (κ2) is 11.2. The Labute approximate surface area is 290 Å². The normalized spacial score (nSPS) is 14.3. The number of fused-ring (bicyclic) bond motifs is 8. The second-order valence-corrected chi connectivity index (χ2v) is 14.5. The number of para-hydroxylation sites is 2. The van der Waals surface area contributed by atoms with Crippen LogP contribution >= 0.6 is 11.3 Å². The van der Waals surface area contributed by atoms with Gasteiger partial charge in [-0.3, -0.25) is 0 Å². The van der Waals surface area contributed by atoms with Crippen molar-refractivity contribution in [3.63, 3.8) is 0 Å². The number of anilines is 3. The van der Waals surface area contributed by atoms with Crippen LogP contribution in [0.1, 0.15) is 36.8 Å². The third-order valence-corrected chi connectivity index (χ3v) is 11.5. The number of allylic oxidation sites excluding steroid dienone is 5. The molecule has 2 nitrogen and oxygen atoms in total. The highest BCUT2D eigenvalue weighted by molar-refractivity contribution is 7.20. The van der Waals surface area contributed by atoms with Gasteiger partial charge in [-0.2, -0.15) is 0 Å². The molecule has 2 heterocycles. The van der Waals surface area contributed by atoms with E-state index in [9.17, 15) is 0 Å². The lowest BCUT2D eigenvalue weighted by molar-refractivity contribution is 0.662. The number of hydrogen-bond acceptors (Lipinski definition) is 3. The molecule has 2 aromatic heterocycles. The Balaban J connectivity index is 1.22. The van der Waals surface area contributed by atoms with Crippen LogP contribution in [0.4, 0.5) is 17.1 Å². The third-order valence-electron chi connectivity index (χ3n) is 10.2. The highest BCUT2D eigenvalue weighted by Crippen LogP contribution is 2.54. The number of furan rings is 1. The molecule has 1 aliphatic carbocycles. The van der Waals surface area contributed by atoms with Crippen LogP contribution in [0.15, 0.2) is 162 Å². The quantitative estimate of drug-likeness (QED) is 0.167. The summed E-state index contributed by atoms with van der Waals surface area (Å²) in [5.41, 5.74) is 11.2. The molecule has 0 bridgehead atoms. The standard InChI is InChI=1S/C46H35NOS/c1-5-30(26-39-29(2)45-44(46(39,3)4)37-22-14-15-23-42(37)49-45)38-28-41-43(35-21-13-12-20-34(35)38)36-25-24-33(27-40(36)48-41)47(31-16-8-6-9-17-31)32-18-10-7-11-19-32/h5-28H,1H2,2-4H3/b30-26+. The molecular formula is C46H35NOS. The van der Waals surface area contributed by atoms with Gasteiger partial charge in [0.1, 0.15) is 11.2 Å². The van der Waals surface area contributed by atoms with Gasteiger partial charge >= 0.3 is 0 Å². The lowest BCUT2D eigenvalue weighted by Gasteiger charge is -2.25. The minimum Gasteiger partial charge on any atom is -0.456 e. The van der Waals surface area contributed by atoms with Crippen LogP contribution in [0.25, 0.3) is 53.9 Å². The Kier molecular flexibility index (Phi) is 6.75. The number of nitrogens with zero attached hydrogens (tertiary/aromatic N) is 1. The molecule has 236 valence electrons. The Morgan fingerprint density at radius 1 is 0.673 bits per heavy atom. The van der Waals surface area contributed by atoms with Crippen molar-refractivity contribution in [3.8, 4) is 0 Å². The SMILES string of the molecule is C=C/C(=C\C1=C(C)c2sc3ccccc3c2C1(C)C)c1cc2oc3cc(N(c4ccccc4)c4ccccc4)ccc3c2c2ccccc12. The Morgan fingerprint density at radius 3 is 2.00 bits per heavy atom. The summed E-state index contributed by atoms with van der Waals surface area (Å²) in [6.45, 7) is 11.3. The smallest absolute Gasteiger partial charge is 0.137 e. The van der Waals surface area contributed by atoms with Crippen LogP contribution in [-0.2, 0) is 5.41 Å². The molecule has 0 atom stereocenters. The van der Waals surface area contributed by atoms with Gasteiger partial charge in [0.2, 0.25) is 0 Å². The molecular weight excluding hydrogens is 615 g/mol. The van der Waals surface area contributed by atoms with Gasteiger partial charge in [-0.05, 0) is 106 Å². The van der Waals surface area contributed by atoms with Crippen molar-refractivity contribution < 1.29 is 4.42 Å². The first kappa shape index (κ1) is 29.5. The zero-order valence-corrected chi connectivity index (χ0v) is 28.6. The van der Waals surface area contributed by atoms with Crippen molar-refractivity contribution in [1.82, 2.24) is 0 Å². The van der Waals surface area contributed by atoms with E-state index < -0.39 is 0 Å². The van der Waals surface area contributed by atoms with Gasteiger partial charge in [-0.1, -0.05) is 105 Å². The van der Waals surface area contributed by atoms with Crippen LogP contribution in [0.3, 0.4) is 0 Å². The predicted molar refractivity (Wildman–Crippen MR) is 212 cm³/mol. The summed E-state index contributed by atoms with van der Waals surface area (Å²) in [6, 6.07) is 47.3. The van der Waals surface area contributed by atoms with Crippen LogP contribution < -0.4 is 4.90 Å². The summed E-state index contributed by atoms with van der Waals surface area (Å²) >= 11 is 1.91. The maximum atomic E-state index is 6.78. The highest BCUT2D eigenvalue weighted by Gasteiger charge is 2.38. The Hall–Kier alpha value is -5.64. The summed E-state index contributed by atoms with van der Waals surface area (Å²) in [5, 5.41) is 5.98. The predicted octanol–water partition coefficient (Wildman–Crippen LogP) is 13.8. The Bertz CT molecular complexity index is 2610. The van der Waals surface area contributed by atoms with Gasteiger partial charge in [0.15, 0.2) is 0 Å². The van der Waals surface area contributed by atoms with Gasteiger partial charge < -0.3 is 9.32 Å². The van der Waals surface area contributed by atoms with Gasteiger partial charge in [0.05, 0.1) is 0 Å². The van der Waals surface area contributed by atoms with Crippen molar-refractivity contribution >= 4 is 82.3 Å². The Morgan fingerprint density at radius 2 is 1.31 bits per heavy atom.